The van der Waals surface area contributed by atoms with E-state index in [9.17, 15) is 19.4 Å². The number of aliphatic hydroxyl groups is 1. The van der Waals surface area contributed by atoms with Gasteiger partial charge in [-0.25, -0.2) is 4.57 Å². The summed E-state index contributed by atoms with van der Waals surface area (Å²) in [5.74, 6) is -0.209. The van der Waals surface area contributed by atoms with Gasteiger partial charge in [-0.05, 0) is 103 Å². The van der Waals surface area contributed by atoms with Gasteiger partial charge in [0.25, 0.3) is 0 Å². The summed E-state index contributed by atoms with van der Waals surface area (Å²) < 4.78 is 23.7. The fourth-order valence-corrected chi connectivity index (χ4v) is 9.55. The zero-order valence-corrected chi connectivity index (χ0v) is 53.2. The maximum absolute atomic E-state index is 13.0. The summed E-state index contributed by atoms with van der Waals surface area (Å²) in [4.78, 5) is 23.4. The lowest BCUT2D eigenvalue weighted by Crippen LogP contribution is -2.45. The van der Waals surface area contributed by atoms with Crippen LogP contribution in [-0.2, 0) is 18.4 Å². The molecule has 0 aliphatic heterocycles. The highest BCUT2D eigenvalue weighted by atomic mass is 31.2. The van der Waals surface area contributed by atoms with Crippen molar-refractivity contribution in [3.8, 4) is 0 Å². The van der Waals surface area contributed by atoms with E-state index < -0.39 is 20.0 Å². The van der Waals surface area contributed by atoms with Crippen molar-refractivity contribution in [2.45, 2.75) is 270 Å². The van der Waals surface area contributed by atoms with E-state index in [0.29, 0.717) is 17.4 Å². The molecule has 0 aromatic rings. The second-order valence-corrected chi connectivity index (χ2v) is 24.2. The Bertz CT molecular complexity index is 1760. The zero-order valence-electron chi connectivity index (χ0n) is 52.3. The Morgan fingerprint density at radius 1 is 0.438 bits per heavy atom. The van der Waals surface area contributed by atoms with E-state index in [-0.39, 0.29) is 19.1 Å². The molecule has 0 aliphatic rings. The van der Waals surface area contributed by atoms with Crippen molar-refractivity contribution in [3.05, 3.63) is 134 Å². The van der Waals surface area contributed by atoms with E-state index in [1.165, 1.54) is 122 Å². The third kappa shape index (κ3) is 62.2. The van der Waals surface area contributed by atoms with Gasteiger partial charge in [0.15, 0.2) is 0 Å². The zero-order chi connectivity index (χ0) is 58.4. The van der Waals surface area contributed by atoms with Crippen molar-refractivity contribution in [2.75, 3.05) is 40.9 Å². The lowest BCUT2D eigenvalue weighted by Gasteiger charge is -2.25. The second kappa shape index (κ2) is 60.2. The maximum Gasteiger partial charge on any atom is 0.472 e. The molecule has 0 bridgehead atoms. The van der Waals surface area contributed by atoms with Crippen molar-refractivity contribution in [1.82, 2.24) is 5.32 Å². The summed E-state index contributed by atoms with van der Waals surface area (Å²) in [6, 6.07) is -0.886. The van der Waals surface area contributed by atoms with Crippen molar-refractivity contribution < 1.29 is 32.9 Å². The number of unbranched alkanes of at least 4 members (excludes halogenated alkanes) is 25. The first-order chi connectivity index (χ1) is 39.0. The molecule has 8 nitrogen and oxygen atoms in total. The van der Waals surface area contributed by atoms with E-state index in [1.807, 2.05) is 27.2 Å². The molecular weight excluding hydrogens is 1010 g/mol. The third-order valence-electron chi connectivity index (χ3n) is 13.9. The van der Waals surface area contributed by atoms with E-state index in [0.717, 1.165) is 116 Å². The molecule has 3 unspecified atom stereocenters. The summed E-state index contributed by atoms with van der Waals surface area (Å²) in [6.45, 7) is 4.67. The number of nitrogens with zero attached hydrogens (tertiary/aromatic N) is 1. The molecule has 3 atom stereocenters. The molecule has 458 valence electrons. The monoisotopic (exact) mass is 1130 g/mol. The van der Waals surface area contributed by atoms with Crippen LogP contribution < -0.4 is 5.32 Å². The molecule has 9 heteroatoms. The average molecular weight is 1130 g/mol. The van der Waals surface area contributed by atoms with Crippen molar-refractivity contribution in [1.29, 1.82) is 0 Å². The number of hydrogen-bond acceptors (Lipinski definition) is 5. The largest absolute Gasteiger partial charge is 0.472 e. The summed E-state index contributed by atoms with van der Waals surface area (Å²) in [5, 5.41) is 13.9. The molecule has 0 radical (unpaired) electrons. The molecular formula is C71H124N2O6P+. The molecule has 0 aromatic heterocycles. The number of hydrogen-bond donors (Lipinski definition) is 3. The molecule has 80 heavy (non-hydrogen) atoms. The van der Waals surface area contributed by atoms with Gasteiger partial charge in [-0.3, -0.25) is 13.8 Å². The van der Waals surface area contributed by atoms with Crippen LogP contribution in [0.3, 0.4) is 0 Å². The average Bonchev–Trinajstić information content (AvgIpc) is 3.42. The van der Waals surface area contributed by atoms with Crippen LogP contribution in [0.15, 0.2) is 134 Å². The molecule has 0 aromatic carbocycles. The highest BCUT2D eigenvalue weighted by molar-refractivity contribution is 7.47. The number of nitrogens with one attached hydrogen (secondary N) is 1. The van der Waals surface area contributed by atoms with Gasteiger partial charge in [0.2, 0.25) is 5.91 Å². The quantitative estimate of drug-likeness (QED) is 0.0243. The number of amides is 1. The maximum atomic E-state index is 13.0. The van der Waals surface area contributed by atoms with Crippen LogP contribution in [-0.4, -0.2) is 73.4 Å². The molecule has 0 aliphatic carbocycles. The highest BCUT2D eigenvalue weighted by Crippen LogP contribution is 2.43. The van der Waals surface area contributed by atoms with Gasteiger partial charge in [0.1, 0.15) is 13.2 Å². The van der Waals surface area contributed by atoms with Gasteiger partial charge in [0.05, 0.1) is 39.9 Å². The Kier molecular flexibility index (Phi) is 57.7. The lowest BCUT2D eigenvalue weighted by atomic mass is 10.0. The second-order valence-electron chi connectivity index (χ2n) is 22.7. The predicted molar refractivity (Wildman–Crippen MR) is 350 cm³/mol. The van der Waals surface area contributed by atoms with Crippen LogP contribution in [0.4, 0.5) is 0 Å². The van der Waals surface area contributed by atoms with Crippen molar-refractivity contribution >= 4 is 13.7 Å². The predicted octanol–water partition coefficient (Wildman–Crippen LogP) is 20.7. The standard InChI is InChI=1S/C71H123N2O6P/c1-6-8-10-12-14-16-18-20-22-24-26-28-30-32-33-34-35-36-37-38-39-41-43-45-47-49-51-53-55-57-59-61-63-65-71(75)72-69(68-79-80(76,77)78-67-66-73(3,4)5)70(74)64-62-60-58-56-54-52-50-48-46-44-42-40-31-29-27-25-23-21-19-17-15-13-11-9-7-2/h8,10,14,16,20,22,26,28,32-33,35-36,38-39,43,45,49,51,54,56,62,64,69-70,74H,6-7,9,11-13,15,17-19,21,23-25,27,29-31,34,37,40-42,44,46-48,50,52-53,55,57-61,63,65-68H2,1-5H3,(H-,72,75,76,77)/p+1/b10-8-,16-14-,22-20-,28-26-,33-32-,36-35-,39-38-,45-43-,51-49-,56-54+,64-62+. The van der Waals surface area contributed by atoms with Gasteiger partial charge in [-0.2, -0.15) is 0 Å². The van der Waals surface area contributed by atoms with Crippen LogP contribution in [0.5, 0.6) is 0 Å². The normalized spacial score (nSPS) is 14.6. The van der Waals surface area contributed by atoms with Gasteiger partial charge in [-0.1, -0.05) is 282 Å². The fourth-order valence-electron chi connectivity index (χ4n) is 8.82. The van der Waals surface area contributed by atoms with Crippen LogP contribution >= 0.6 is 7.82 Å². The Hall–Kier alpha value is -3.36. The molecule has 1 amide bonds. The summed E-state index contributed by atoms with van der Waals surface area (Å²) >= 11 is 0. The smallest absolute Gasteiger partial charge is 0.387 e. The number of aliphatic hydroxyl groups excluding tert-OH is 1. The molecule has 0 rings (SSSR count). The van der Waals surface area contributed by atoms with Crippen molar-refractivity contribution in [3.63, 3.8) is 0 Å². The minimum atomic E-state index is -4.38. The van der Waals surface area contributed by atoms with E-state index >= 15 is 0 Å². The van der Waals surface area contributed by atoms with Crippen LogP contribution in [0.25, 0.3) is 0 Å². The number of quaternary nitrogens is 1. The topological polar surface area (TPSA) is 105 Å². The van der Waals surface area contributed by atoms with E-state index in [2.05, 4.69) is 141 Å². The first-order valence-electron chi connectivity index (χ1n) is 32.6. The Morgan fingerprint density at radius 3 is 1.15 bits per heavy atom. The summed E-state index contributed by atoms with van der Waals surface area (Å²) in [5.41, 5.74) is 0. The number of likely N-dealkylation sites (N-methyl/N-ethyl adjacent to an activating group) is 1. The van der Waals surface area contributed by atoms with E-state index in [4.69, 9.17) is 9.05 Å². The molecule has 3 N–H and O–H groups in total. The number of allylic oxidation sites excluding steroid dienone is 21. The Labute approximate surface area is 494 Å². The highest BCUT2D eigenvalue weighted by Gasteiger charge is 2.27. The van der Waals surface area contributed by atoms with Gasteiger partial charge >= 0.3 is 7.82 Å². The molecule has 0 saturated carbocycles. The molecule has 0 heterocycles. The number of phosphoric ester groups is 1. The number of phosphoric acid groups is 1. The minimum Gasteiger partial charge on any atom is -0.387 e. The number of carbonyl (C=O) groups is 1. The van der Waals surface area contributed by atoms with E-state index in [1.54, 1.807) is 6.08 Å². The van der Waals surface area contributed by atoms with Gasteiger partial charge in [-0.15, -0.1) is 0 Å². The van der Waals surface area contributed by atoms with Crippen LogP contribution in [0.1, 0.15) is 258 Å². The first kappa shape index (κ1) is 76.6. The SMILES string of the molecule is CC/C=C\C/C=C\C/C=C\C/C=C\C/C=C\C/C=C\C/C=C\C/C=C\C/C=C\CCCCCCCC(=O)NC(COP(=O)(O)OCC[N+](C)(C)C)C(O)/C=C/CC/C=C/CCCCCCCCCCCCCCCCCCCCC. The van der Waals surface area contributed by atoms with Crippen LogP contribution in [0.2, 0.25) is 0 Å². The number of carbonyl (C=O) groups excluding carboxylic acids is 1. The summed E-state index contributed by atoms with van der Waals surface area (Å²) in [7, 11) is 1.52. The lowest BCUT2D eigenvalue weighted by molar-refractivity contribution is -0.870. The van der Waals surface area contributed by atoms with Gasteiger partial charge < -0.3 is 19.8 Å². The van der Waals surface area contributed by atoms with Crippen LogP contribution in [0, 0.1) is 0 Å². The third-order valence-corrected chi connectivity index (χ3v) is 14.8. The molecule has 0 spiro atoms. The fraction of sp³-hybridized carbons (Fsp3) is 0.676. The Balaban J connectivity index is 4.28. The van der Waals surface area contributed by atoms with Crippen molar-refractivity contribution in [2.24, 2.45) is 0 Å². The molecule has 0 fully saturated rings. The molecule has 0 saturated heterocycles. The number of rotatable bonds is 58. The van der Waals surface area contributed by atoms with Gasteiger partial charge in [0, 0.05) is 6.42 Å². The Morgan fingerprint density at radius 2 is 0.762 bits per heavy atom. The summed E-state index contributed by atoms with van der Waals surface area (Å²) in [6.07, 6.45) is 91.5. The first-order valence-corrected chi connectivity index (χ1v) is 34.1. The minimum absolute atomic E-state index is 0.0449.